The van der Waals surface area contributed by atoms with Crippen molar-refractivity contribution in [3.63, 3.8) is 0 Å². The van der Waals surface area contributed by atoms with Gasteiger partial charge in [-0.25, -0.2) is 4.79 Å². The molecule has 3 nitrogen and oxygen atoms in total. The Hall–Kier alpha value is -1.17. The van der Waals surface area contributed by atoms with Crippen molar-refractivity contribution < 1.29 is 14.3 Å². The molecule has 0 amide bonds. The highest BCUT2D eigenvalue weighted by Crippen LogP contribution is 2.28. The molecule has 0 N–H and O–H groups in total. The first-order chi connectivity index (χ1) is 7.58. The molecule has 1 aliphatic rings. The number of cyclic esters (lactones) is 2. The van der Waals surface area contributed by atoms with E-state index in [9.17, 15) is 4.79 Å². The molecule has 0 saturated carbocycles. The van der Waals surface area contributed by atoms with Crippen molar-refractivity contribution in [2.24, 2.45) is 5.92 Å². The molecule has 1 atom stereocenters. The van der Waals surface area contributed by atoms with Crippen LogP contribution in [0.25, 0.3) is 0 Å². The van der Waals surface area contributed by atoms with Gasteiger partial charge in [0.05, 0.1) is 0 Å². The van der Waals surface area contributed by atoms with Crippen molar-refractivity contribution >= 4 is 6.16 Å². The van der Waals surface area contributed by atoms with Crippen molar-refractivity contribution in [2.75, 3.05) is 0 Å². The van der Waals surface area contributed by atoms with Gasteiger partial charge in [-0.15, -0.1) is 0 Å². The molecule has 0 aromatic heterocycles. The predicted octanol–water partition coefficient (Wildman–Crippen LogP) is 3.48. The first kappa shape index (κ1) is 12.9. The third kappa shape index (κ3) is 3.77. The van der Waals surface area contributed by atoms with Crippen LogP contribution in [0.5, 0.6) is 0 Å². The lowest BCUT2D eigenvalue weighted by molar-refractivity contribution is -0.00700. The molecule has 16 heavy (non-hydrogen) atoms. The highest BCUT2D eigenvalue weighted by Gasteiger charge is 2.35. The SMILES string of the molecule is CCCCC1(CCC(C)C)C#COC(=O)O1. The normalized spacial score (nSPS) is 23.4. The predicted molar refractivity (Wildman–Crippen MR) is 61.7 cm³/mol. The summed E-state index contributed by atoms with van der Waals surface area (Å²) in [6, 6.07) is 0. The van der Waals surface area contributed by atoms with Crippen LogP contribution in [-0.2, 0) is 9.47 Å². The van der Waals surface area contributed by atoms with Crippen LogP contribution < -0.4 is 0 Å². The zero-order chi connectivity index (χ0) is 12.0. The maximum Gasteiger partial charge on any atom is 0.524 e. The average molecular weight is 224 g/mol. The minimum atomic E-state index is -0.654. The molecule has 1 rings (SSSR count). The molecule has 0 saturated heterocycles. The first-order valence-electron chi connectivity index (χ1n) is 6.00. The maximum atomic E-state index is 11.1. The van der Waals surface area contributed by atoms with E-state index in [1.165, 1.54) is 0 Å². The molecule has 3 heteroatoms. The number of hydrogen-bond donors (Lipinski definition) is 0. The fourth-order valence-electron chi connectivity index (χ4n) is 1.70. The van der Waals surface area contributed by atoms with E-state index in [-0.39, 0.29) is 0 Å². The molecule has 0 aromatic rings. The lowest BCUT2D eigenvalue weighted by Gasteiger charge is -2.29. The van der Waals surface area contributed by atoms with Crippen molar-refractivity contribution in [3.05, 3.63) is 0 Å². The summed E-state index contributed by atoms with van der Waals surface area (Å²) in [6.07, 6.45) is 6.47. The summed E-state index contributed by atoms with van der Waals surface area (Å²) in [5.74, 6) is 3.52. The van der Waals surface area contributed by atoms with Crippen LogP contribution in [0.4, 0.5) is 4.79 Å². The van der Waals surface area contributed by atoms with Crippen LogP contribution in [0, 0.1) is 17.9 Å². The van der Waals surface area contributed by atoms with Crippen LogP contribution in [0.3, 0.4) is 0 Å². The molecule has 0 aliphatic carbocycles. The molecular formula is C13H20O3. The molecular weight excluding hydrogens is 204 g/mol. The standard InChI is InChI=1S/C13H20O3/c1-4-5-7-13(8-6-11(2)3)9-10-15-12(14)16-13/h11H,4-8H2,1-3H3. The number of unbranched alkanes of at least 4 members (excludes halogenated alkanes) is 1. The van der Waals surface area contributed by atoms with Crippen LogP contribution in [0.15, 0.2) is 0 Å². The van der Waals surface area contributed by atoms with Crippen LogP contribution in [0.1, 0.15) is 52.9 Å². The van der Waals surface area contributed by atoms with Gasteiger partial charge in [0.1, 0.15) is 6.11 Å². The van der Waals surface area contributed by atoms with Gasteiger partial charge in [0.25, 0.3) is 0 Å². The smallest absolute Gasteiger partial charge is 0.413 e. The van der Waals surface area contributed by atoms with E-state index in [0.29, 0.717) is 5.92 Å². The highest BCUT2D eigenvalue weighted by atomic mass is 16.7. The Balaban J connectivity index is 2.66. The fourth-order valence-corrected chi connectivity index (χ4v) is 1.70. The molecule has 90 valence electrons. The van der Waals surface area contributed by atoms with Gasteiger partial charge in [0.2, 0.25) is 0 Å². The van der Waals surface area contributed by atoms with Crippen molar-refractivity contribution in [2.45, 2.75) is 58.5 Å². The van der Waals surface area contributed by atoms with Crippen LogP contribution >= 0.6 is 0 Å². The number of ether oxygens (including phenoxy) is 2. The number of carbonyl (C=O) groups is 1. The third-order valence-electron chi connectivity index (χ3n) is 2.75. The number of carbonyl (C=O) groups excluding carboxylic acids is 1. The Morgan fingerprint density at radius 2 is 2.12 bits per heavy atom. The second-order valence-electron chi connectivity index (χ2n) is 4.71. The van der Waals surface area contributed by atoms with E-state index in [1.807, 2.05) is 0 Å². The zero-order valence-corrected chi connectivity index (χ0v) is 10.3. The van der Waals surface area contributed by atoms with E-state index in [0.717, 1.165) is 32.1 Å². The van der Waals surface area contributed by atoms with E-state index in [1.54, 1.807) is 0 Å². The molecule has 0 radical (unpaired) electrons. The molecule has 0 fully saturated rings. The monoisotopic (exact) mass is 224 g/mol. The van der Waals surface area contributed by atoms with Crippen LogP contribution in [0.2, 0.25) is 0 Å². The van der Waals surface area contributed by atoms with Crippen molar-refractivity contribution in [1.82, 2.24) is 0 Å². The molecule has 0 spiro atoms. The van der Waals surface area contributed by atoms with Gasteiger partial charge in [-0.05, 0) is 37.5 Å². The molecule has 1 unspecified atom stereocenters. The first-order valence-corrected chi connectivity index (χ1v) is 6.00. The Morgan fingerprint density at radius 3 is 2.69 bits per heavy atom. The summed E-state index contributed by atoms with van der Waals surface area (Å²) in [4.78, 5) is 11.1. The summed E-state index contributed by atoms with van der Waals surface area (Å²) in [6.45, 7) is 6.43. The van der Waals surface area contributed by atoms with Gasteiger partial charge in [-0.3, -0.25) is 0 Å². The van der Waals surface area contributed by atoms with E-state index in [4.69, 9.17) is 4.74 Å². The van der Waals surface area contributed by atoms with Gasteiger partial charge in [0, 0.05) is 0 Å². The Bertz CT molecular complexity index is 298. The fraction of sp³-hybridized carbons (Fsp3) is 0.769. The summed E-state index contributed by atoms with van der Waals surface area (Å²) in [7, 11) is 0. The van der Waals surface area contributed by atoms with E-state index in [2.05, 4.69) is 37.5 Å². The average Bonchev–Trinajstić information content (AvgIpc) is 2.24. The van der Waals surface area contributed by atoms with E-state index < -0.39 is 11.8 Å². The Labute approximate surface area is 97.5 Å². The number of rotatable bonds is 6. The number of hydrogen-bond acceptors (Lipinski definition) is 3. The van der Waals surface area contributed by atoms with Gasteiger partial charge in [-0.2, -0.15) is 0 Å². The van der Waals surface area contributed by atoms with Gasteiger partial charge >= 0.3 is 6.16 Å². The minimum absolute atomic E-state index is 0.585. The van der Waals surface area contributed by atoms with Crippen LogP contribution in [-0.4, -0.2) is 11.8 Å². The lowest BCUT2D eigenvalue weighted by Crippen LogP contribution is -2.36. The molecule has 0 aromatic carbocycles. The second kappa shape index (κ2) is 5.79. The highest BCUT2D eigenvalue weighted by molar-refractivity contribution is 5.64. The summed E-state index contributed by atoms with van der Waals surface area (Å²) in [5, 5.41) is 0. The minimum Gasteiger partial charge on any atom is -0.413 e. The summed E-state index contributed by atoms with van der Waals surface area (Å²) < 4.78 is 9.79. The van der Waals surface area contributed by atoms with Crippen molar-refractivity contribution in [1.29, 1.82) is 0 Å². The van der Waals surface area contributed by atoms with Gasteiger partial charge < -0.3 is 9.47 Å². The van der Waals surface area contributed by atoms with Gasteiger partial charge in [-0.1, -0.05) is 27.2 Å². The zero-order valence-electron chi connectivity index (χ0n) is 10.3. The summed E-state index contributed by atoms with van der Waals surface area (Å²) >= 11 is 0. The summed E-state index contributed by atoms with van der Waals surface area (Å²) in [5.41, 5.74) is -0.602. The van der Waals surface area contributed by atoms with E-state index >= 15 is 0 Å². The second-order valence-corrected chi connectivity index (χ2v) is 4.71. The molecule has 1 heterocycles. The van der Waals surface area contributed by atoms with Gasteiger partial charge in [0.15, 0.2) is 5.60 Å². The topological polar surface area (TPSA) is 35.5 Å². The molecule has 0 bridgehead atoms. The largest absolute Gasteiger partial charge is 0.524 e. The Kier molecular flexibility index (Phi) is 4.67. The molecule has 1 aliphatic heterocycles. The maximum absolute atomic E-state index is 11.1. The Morgan fingerprint density at radius 1 is 1.38 bits per heavy atom. The lowest BCUT2D eigenvalue weighted by atomic mass is 9.89. The van der Waals surface area contributed by atoms with Crippen molar-refractivity contribution in [3.8, 4) is 12.0 Å². The quantitative estimate of drug-likeness (QED) is 0.512. The third-order valence-corrected chi connectivity index (χ3v) is 2.75.